The second-order valence-corrected chi connectivity index (χ2v) is 18.8. The maximum atomic E-state index is 12.7. The Morgan fingerprint density at radius 1 is 0.640 bits per heavy atom. The minimum absolute atomic E-state index is 0.0649. The quantitative estimate of drug-likeness (QED) is 0.0416. The molecule has 0 aliphatic heterocycles. The Labute approximate surface area is 444 Å². The molecule has 0 aliphatic carbocycles. The monoisotopic (exact) mass is 1050 g/mol. The van der Waals surface area contributed by atoms with Gasteiger partial charge < -0.3 is 33.9 Å². The molecule has 0 fully saturated rings. The van der Waals surface area contributed by atoms with Gasteiger partial charge in [0, 0.05) is 76.6 Å². The van der Waals surface area contributed by atoms with Crippen LogP contribution in [-0.4, -0.2) is 79.4 Å². The average molecular weight is 1060 g/mol. The molecule has 388 valence electrons. The number of rotatable bonds is 24. The summed E-state index contributed by atoms with van der Waals surface area (Å²) in [5, 5.41) is 51.4. The summed E-state index contributed by atoms with van der Waals surface area (Å²) >= 11 is 13.9. The van der Waals surface area contributed by atoms with E-state index in [1.54, 1.807) is 70.4 Å². The lowest BCUT2D eigenvalue weighted by Gasteiger charge is -2.20. The van der Waals surface area contributed by atoms with Crippen molar-refractivity contribution in [2.75, 3.05) is 13.2 Å². The van der Waals surface area contributed by atoms with Crippen molar-refractivity contribution >= 4 is 46.0 Å². The van der Waals surface area contributed by atoms with Gasteiger partial charge in [-0.3, -0.25) is 34.9 Å². The molecule has 0 saturated heterocycles. The highest BCUT2D eigenvalue weighted by Gasteiger charge is 2.24. The molecule has 0 bridgehead atoms. The van der Waals surface area contributed by atoms with E-state index in [4.69, 9.17) is 52.0 Å². The molecule has 4 aromatic carbocycles. The fourth-order valence-electron chi connectivity index (χ4n) is 8.02. The number of esters is 2. The van der Waals surface area contributed by atoms with Crippen LogP contribution in [-0.2, 0) is 58.5 Å². The largest absolute Gasteiger partial charge is 0.489 e. The van der Waals surface area contributed by atoms with Crippen molar-refractivity contribution in [2.24, 2.45) is 0 Å². The number of carbonyl (C=O) groups excluding carboxylic acids is 2. The molecule has 7 aromatic rings. The Hall–Kier alpha value is -7.61. The van der Waals surface area contributed by atoms with E-state index in [9.17, 15) is 30.3 Å². The summed E-state index contributed by atoms with van der Waals surface area (Å²) in [6.45, 7) is 8.72. The van der Waals surface area contributed by atoms with Gasteiger partial charge in [-0.25, -0.2) is 0 Å². The third-order valence-corrected chi connectivity index (χ3v) is 12.5. The zero-order chi connectivity index (χ0) is 53.6. The van der Waals surface area contributed by atoms with Crippen LogP contribution in [0.5, 0.6) is 17.2 Å². The van der Waals surface area contributed by atoms with Gasteiger partial charge >= 0.3 is 11.9 Å². The Morgan fingerprint density at radius 2 is 1.17 bits per heavy atom. The molecule has 3 aromatic heterocycles. The minimum Gasteiger partial charge on any atom is -0.489 e. The standard InChI is InChI=1S/C56H56Cl2N8O9/c1-33(2)74-55(69)49(28-67)63-24-41-14-47(57)43(16-52(41)71-30-38-12-36(18-59)20-61-22-38)27-66-51-11-7-10-45(46(51)26-65-66)44-9-6-8-40(35(44)5)32-73-54-17-53(72-31-39-13-37(19-60)21-62-23-39)42(15-48(54)58)25-64-50(29-68)56(70)75-34(3)4/h6-17,20-23,26,33-34,49-50,63-64,67-68H,24-25,27-32H2,1-5H3/t49-,50-/m0/s1. The summed E-state index contributed by atoms with van der Waals surface area (Å²) in [7, 11) is 0. The van der Waals surface area contributed by atoms with Gasteiger partial charge in [0.05, 0.1) is 59.8 Å². The second kappa shape index (κ2) is 26.0. The first-order valence-corrected chi connectivity index (χ1v) is 24.8. The molecule has 17 nitrogen and oxygen atoms in total. The molecule has 0 saturated carbocycles. The van der Waals surface area contributed by atoms with Crippen LogP contribution in [0.4, 0.5) is 0 Å². The number of nitrogens with zero attached hydrogens (tertiary/aromatic N) is 6. The van der Waals surface area contributed by atoms with Gasteiger partial charge in [-0.2, -0.15) is 15.6 Å². The number of aliphatic hydroxyl groups is 2. The summed E-state index contributed by atoms with van der Waals surface area (Å²) < 4.78 is 31.5. The van der Waals surface area contributed by atoms with Crippen molar-refractivity contribution in [3.8, 4) is 40.5 Å². The summed E-state index contributed by atoms with van der Waals surface area (Å²) in [6.07, 6.45) is 7.23. The zero-order valence-corrected chi connectivity index (χ0v) is 43.5. The number of nitriles is 2. The number of carbonyl (C=O) groups is 2. The first-order chi connectivity index (χ1) is 36.2. The van der Waals surface area contributed by atoms with Crippen molar-refractivity contribution in [3.05, 3.63) is 164 Å². The second-order valence-electron chi connectivity index (χ2n) is 18.0. The highest BCUT2D eigenvalue weighted by molar-refractivity contribution is 6.32. The van der Waals surface area contributed by atoms with Gasteiger partial charge in [0.15, 0.2) is 0 Å². The number of nitrogens with one attached hydrogen (secondary N) is 2. The summed E-state index contributed by atoms with van der Waals surface area (Å²) in [5.41, 5.74) is 8.59. The van der Waals surface area contributed by atoms with E-state index in [2.05, 4.69) is 32.7 Å². The van der Waals surface area contributed by atoms with E-state index in [0.29, 0.717) is 61.2 Å². The molecule has 0 spiro atoms. The minimum atomic E-state index is -0.997. The normalized spacial score (nSPS) is 12.0. The molecule has 0 aliphatic rings. The molecular weight excluding hydrogens is 1000 g/mol. The van der Waals surface area contributed by atoms with Crippen molar-refractivity contribution < 1.29 is 43.5 Å². The number of ether oxygens (including phenoxy) is 5. The Morgan fingerprint density at radius 3 is 1.73 bits per heavy atom. The summed E-state index contributed by atoms with van der Waals surface area (Å²) in [6, 6.07) is 24.5. The molecular formula is C56H56Cl2N8O9. The lowest BCUT2D eigenvalue weighted by molar-refractivity contribution is -0.152. The fourth-order valence-corrected chi connectivity index (χ4v) is 8.51. The number of halogens is 2. The van der Waals surface area contributed by atoms with Crippen LogP contribution in [0.3, 0.4) is 0 Å². The van der Waals surface area contributed by atoms with Gasteiger partial charge in [-0.15, -0.1) is 0 Å². The van der Waals surface area contributed by atoms with E-state index in [0.717, 1.165) is 33.2 Å². The van der Waals surface area contributed by atoms with E-state index in [1.165, 1.54) is 12.4 Å². The first kappa shape index (κ1) is 55.1. The first-order valence-electron chi connectivity index (χ1n) is 24.0. The van der Waals surface area contributed by atoms with Crippen LogP contribution in [0.2, 0.25) is 10.0 Å². The molecule has 7 rings (SSSR count). The average Bonchev–Trinajstić information content (AvgIpc) is 3.81. The number of hydrogen-bond donors (Lipinski definition) is 4. The predicted octanol–water partition coefficient (Wildman–Crippen LogP) is 8.44. The molecule has 2 atom stereocenters. The lowest BCUT2D eigenvalue weighted by atomic mass is 9.94. The summed E-state index contributed by atoms with van der Waals surface area (Å²) in [4.78, 5) is 33.6. The van der Waals surface area contributed by atoms with Crippen LogP contribution in [0, 0.1) is 29.6 Å². The van der Waals surface area contributed by atoms with Crippen LogP contribution < -0.4 is 24.8 Å². The number of aromatic nitrogens is 4. The van der Waals surface area contributed by atoms with Crippen LogP contribution in [0.25, 0.3) is 22.0 Å². The topological polar surface area (TPSA) is 236 Å². The third-order valence-electron chi connectivity index (χ3n) is 11.8. The van der Waals surface area contributed by atoms with Gasteiger partial charge in [-0.05, 0) is 98.8 Å². The predicted molar refractivity (Wildman–Crippen MR) is 281 cm³/mol. The molecule has 0 radical (unpaired) electrons. The molecule has 3 heterocycles. The van der Waals surface area contributed by atoms with E-state index in [-0.39, 0.29) is 56.7 Å². The fraction of sp³-hybridized carbons (Fsp3) is 0.304. The molecule has 19 heteroatoms. The van der Waals surface area contributed by atoms with E-state index < -0.39 is 37.2 Å². The molecule has 4 N–H and O–H groups in total. The van der Waals surface area contributed by atoms with Gasteiger partial charge in [0.2, 0.25) is 0 Å². The van der Waals surface area contributed by atoms with Crippen molar-refractivity contribution in [3.63, 3.8) is 0 Å². The maximum Gasteiger partial charge on any atom is 0.325 e. The van der Waals surface area contributed by atoms with Crippen molar-refractivity contribution in [2.45, 2.75) is 98.4 Å². The Kier molecular flexibility index (Phi) is 19.2. The molecule has 0 unspecified atom stereocenters. The van der Waals surface area contributed by atoms with Crippen LogP contribution in [0.15, 0.2) is 104 Å². The number of aliphatic hydroxyl groups excluding tert-OH is 2. The number of benzene rings is 4. The van der Waals surface area contributed by atoms with Crippen molar-refractivity contribution in [1.29, 1.82) is 10.5 Å². The third kappa shape index (κ3) is 14.4. The highest BCUT2D eigenvalue weighted by Crippen LogP contribution is 2.37. The Bertz CT molecular complexity index is 3240. The maximum absolute atomic E-state index is 12.7. The van der Waals surface area contributed by atoms with Crippen molar-refractivity contribution in [1.82, 2.24) is 30.4 Å². The summed E-state index contributed by atoms with van der Waals surface area (Å²) in [5.74, 6) is 0.00211. The lowest BCUT2D eigenvalue weighted by Crippen LogP contribution is -2.41. The highest BCUT2D eigenvalue weighted by atomic mass is 35.5. The van der Waals surface area contributed by atoms with Gasteiger partial charge in [0.1, 0.15) is 61.3 Å². The molecule has 75 heavy (non-hydrogen) atoms. The molecule has 0 amide bonds. The van der Waals surface area contributed by atoms with Gasteiger partial charge in [0.25, 0.3) is 0 Å². The van der Waals surface area contributed by atoms with E-state index in [1.807, 2.05) is 60.3 Å². The number of hydrogen-bond acceptors (Lipinski definition) is 16. The van der Waals surface area contributed by atoms with Crippen LogP contribution in [0.1, 0.15) is 77.8 Å². The smallest absolute Gasteiger partial charge is 0.325 e. The number of fused-ring (bicyclic) bond motifs is 1. The number of pyridine rings is 2. The van der Waals surface area contributed by atoms with E-state index >= 15 is 0 Å². The Balaban J connectivity index is 1.13. The van der Waals surface area contributed by atoms with Crippen LogP contribution >= 0.6 is 23.2 Å². The zero-order valence-electron chi connectivity index (χ0n) is 42.0. The van der Waals surface area contributed by atoms with Gasteiger partial charge in [-0.1, -0.05) is 53.5 Å². The SMILES string of the molecule is Cc1c(COc2cc(OCc3cncc(C#N)c3)c(CN[C@@H](CO)C(=O)OC(C)C)cc2Cl)cccc1-c1cccc2c1cnn2Cc1cc(OCc2cncc(C#N)c2)c(CN[C@@H](CO)C(=O)OC(C)C)cc1Cl.